The first kappa shape index (κ1) is 65.1. The summed E-state index contributed by atoms with van der Waals surface area (Å²) in [7, 11) is 0. The lowest BCUT2D eigenvalue weighted by Gasteiger charge is -2.20. The summed E-state index contributed by atoms with van der Waals surface area (Å²) in [5.74, 6) is -0.0761. The van der Waals surface area contributed by atoms with Gasteiger partial charge in [-0.3, -0.25) is 9.59 Å². The van der Waals surface area contributed by atoms with Crippen LogP contribution in [-0.2, 0) is 14.3 Å². The van der Waals surface area contributed by atoms with E-state index in [9.17, 15) is 19.8 Å². The Bertz CT molecular complexity index is 1090. The second kappa shape index (κ2) is 56.7. The zero-order valence-electron chi connectivity index (χ0n) is 44.9. The number of carbonyl (C=O) groups excluding carboxylic acids is 2. The van der Waals surface area contributed by atoms with Gasteiger partial charge in [0, 0.05) is 12.8 Å². The zero-order valence-corrected chi connectivity index (χ0v) is 44.9. The van der Waals surface area contributed by atoms with E-state index >= 15 is 0 Å². The van der Waals surface area contributed by atoms with Gasteiger partial charge in [-0.2, -0.15) is 0 Å². The molecule has 0 aromatic rings. The van der Waals surface area contributed by atoms with Crippen LogP contribution in [0.25, 0.3) is 0 Å². The Morgan fingerprint density at radius 2 is 0.701 bits per heavy atom. The summed E-state index contributed by atoms with van der Waals surface area (Å²) < 4.78 is 5.48. The number of carbonyl (C=O) groups is 2. The highest BCUT2D eigenvalue weighted by atomic mass is 16.5. The van der Waals surface area contributed by atoms with Crippen LogP contribution in [0.5, 0.6) is 0 Å². The van der Waals surface area contributed by atoms with Gasteiger partial charge in [0.1, 0.15) is 0 Å². The molecule has 0 fully saturated rings. The van der Waals surface area contributed by atoms with E-state index < -0.39 is 12.1 Å². The molecule has 0 aromatic heterocycles. The van der Waals surface area contributed by atoms with Crippen molar-refractivity contribution in [2.75, 3.05) is 13.2 Å². The fourth-order valence-corrected chi connectivity index (χ4v) is 9.03. The molecule has 2 unspecified atom stereocenters. The van der Waals surface area contributed by atoms with Crippen molar-refractivity contribution in [2.24, 2.45) is 0 Å². The molecule has 0 spiro atoms. The van der Waals surface area contributed by atoms with Crippen LogP contribution in [0.4, 0.5) is 0 Å². The summed E-state index contributed by atoms with van der Waals surface area (Å²) in [5.41, 5.74) is 0. The van der Waals surface area contributed by atoms with Crippen LogP contribution in [0, 0.1) is 0 Å². The molecule has 0 heterocycles. The molecule has 0 radical (unpaired) electrons. The Hall–Kier alpha value is -1.92. The standard InChI is InChI=1S/C61H115NO5/c1-3-5-7-9-11-13-15-17-26-31-35-39-43-47-51-55-61(66)67-56-52-48-44-40-36-32-28-25-23-21-19-20-22-24-27-30-34-38-42-46-50-54-60(65)62-58(57-63)59(64)53-49-45-41-37-33-29-18-16-14-12-10-8-6-4-2/h17,20,22,26,49,53,58-59,63-64H,3-16,18-19,21,23-25,27-48,50-52,54-57H2,1-2H3,(H,62,65)/b22-20-,26-17-,53-49+. The third kappa shape index (κ3) is 53.3. The van der Waals surface area contributed by atoms with Crippen molar-refractivity contribution in [1.29, 1.82) is 0 Å². The fraction of sp³-hybridized carbons (Fsp3) is 0.869. The molecule has 394 valence electrons. The first-order valence-electron chi connectivity index (χ1n) is 29.8. The molecule has 0 aliphatic rings. The number of esters is 1. The average molecular weight is 943 g/mol. The molecule has 0 bridgehead atoms. The van der Waals surface area contributed by atoms with Crippen LogP contribution in [0.3, 0.4) is 0 Å². The average Bonchev–Trinajstić information content (AvgIpc) is 3.33. The van der Waals surface area contributed by atoms with Gasteiger partial charge in [-0.05, 0) is 83.5 Å². The summed E-state index contributed by atoms with van der Waals surface area (Å²) in [5, 5.41) is 23.1. The summed E-state index contributed by atoms with van der Waals surface area (Å²) in [6.45, 7) is 4.89. The quantitative estimate of drug-likeness (QED) is 0.0321. The van der Waals surface area contributed by atoms with E-state index in [1.54, 1.807) is 6.08 Å². The summed E-state index contributed by atoms with van der Waals surface area (Å²) >= 11 is 0. The van der Waals surface area contributed by atoms with Gasteiger partial charge in [-0.1, -0.05) is 256 Å². The van der Waals surface area contributed by atoms with Gasteiger partial charge in [0.05, 0.1) is 25.4 Å². The number of aliphatic hydroxyl groups is 2. The van der Waals surface area contributed by atoms with Crippen molar-refractivity contribution in [3.63, 3.8) is 0 Å². The number of ether oxygens (including phenoxy) is 1. The molecule has 67 heavy (non-hydrogen) atoms. The molecule has 0 rings (SSSR count). The van der Waals surface area contributed by atoms with Crippen LogP contribution in [0.1, 0.15) is 316 Å². The first-order valence-corrected chi connectivity index (χ1v) is 29.8. The monoisotopic (exact) mass is 942 g/mol. The van der Waals surface area contributed by atoms with Gasteiger partial charge >= 0.3 is 5.97 Å². The predicted octanol–water partition coefficient (Wildman–Crippen LogP) is 18.4. The van der Waals surface area contributed by atoms with E-state index in [1.807, 2.05) is 6.08 Å². The van der Waals surface area contributed by atoms with E-state index in [1.165, 1.54) is 238 Å². The molecule has 0 saturated carbocycles. The van der Waals surface area contributed by atoms with Gasteiger partial charge in [-0.15, -0.1) is 0 Å². The molecule has 0 aliphatic carbocycles. The van der Waals surface area contributed by atoms with Gasteiger partial charge < -0.3 is 20.3 Å². The van der Waals surface area contributed by atoms with Crippen molar-refractivity contribution in [2.45, 2.75) is 328 Å². The van der Waals surface area contributed by atoms with E-state index in [0.29, 0.717) is 19.4 Å². The number of unbranched alkanes of at least 4 members (excludes halogenated alkanes) is 40. The summed E-state index contributed by atoms with van der Waals surface area (Å²) in [4.78, 5) is 24.5. The number of hydrogen-bond donors (Lipinski definition) is 3. The molecule has 6 heteroatoms. The smallest absolute Gasteiger partial charge is 0.305 e. The lowest BCUT2D eigenvalue weighted by atomic mass is 10.0. The van der Waals surface area contributed by atoms with Crippen LogP contribution in [0.2, 0.25) is 0 Å². The minimum Gasteiger partial charge on any atom is -0.466 e. The number of aliphatic hydroxyl groups excluding tert-OH is 2. The van der Waals surface area contributed by atoms with Gasteiger partial charge in [-0.25, -0.2) is 0 Å². The number of rotatable bonds is 55. The van der Waals surface area contributed by atoms with Gasteiger partial charge in [0.2, 0.25) is 5.91 Å². The fourth-order valence-electron chi connectivity index (χ4n) is 9.03. The minimum absolute atomic E-state index is 0.000527. The second-order valence-electron chi connectivity index (χ2n) is 20.3. The van der Waals surface area contributed by atoms with Crippen LogP contribution in [0.15, 0.2) is 36.5 Å². The van der Waals surface area contributed by atoms with Crippen molar-refractivity contribution in [3.8, 4) is 0 Å². The molecular weight excluding hydrogens is 827 g/mol. The Morgan fingerprint density at radius 1 is 0.403 bits per heavy atom. The van der Waals surface area contributed by atoms with Crippen LogP contribution in [-0.4, -0.2) is 47.4 Å². The number of hydrogen-bond acceptors (Lipinski definition) is 5. The first-order chi connectivity index (χ1) is 33.0. The van der Waals surface area contributed by atoms with Crippen molar-refractivity contribution in [1.82, 2.24) is 5.32 Å². The maximum absolute atomic E-state index is 12.4. The molecular formula is C61H115NO5. The van der Waals surface area contributed by atoms with Crippen molar-refractivity contribution in [3.05, 3.63) is 36.5 Å². The minimum atomic E-state index is -0.849. The molecule has 1 amide bonds. The van der Waals surface area contributed by atoms with E-state index in [2.05, 4.69) is 43.5 Å². The molecule has 0 aliphatic heterocycles. The highest BCUT2D eigenvalue weighted by molar-refractivity contribution is 5.76. The van der Waals surface area contributed by atoms with Gasteiger partial charge in [0.15, 0.2) is 0 Å². The third-order valence-electron chi connectivity index (χ3n) is 13.6. The van der Waals surface area contributed by atoms with E-state index in [4.69, 9.17) is 4.74 Å². The lowest BCUT2D eigenvalue weighted by Crippen LogP contribution is -2.45. The third-order valence-corrected chi connectivity index (χ3v) is 13.6. The predicted molar refractivity (Wildman–Crippen MR) is 292 cm³/mol. The second-order valence-corrected chi connectivity index (χ2v) is 20.3. The van der Waals surface area contributed by atoms with Crippen molar-refractivity contribution >= 4 is 11.9 Å². The lowest BCUT2D eigenvalue weighted by molar-refractivity contribution is -0.143. The zero-order chi connectivity index (χ0) is 48.6. The van der Waals surface area contributed by atoms with Crippen LogP contribution >= 0.6 is 0 Å². The number of allylic oxidation sites excluding steroid dienone is 5. The van der Waals surface area contributed by atoms with Crippen molar-refractivity contribution < 1.29 is 24.5 Å². The number of nitrogens with one attached hydrogen (secondary N) is 1. The Kier molecular flexibility index (Phi) is 55.0. The Labute approximate surface area is 417 Å². The number of amides is 1. The summed E-state index contributed by atoms with van der Waals surface area (Å²) in [6.07, 6.45) is 70.3. The SMILES string of the molecule is CCCCCCCC/C=C\CCCCCCCC(=O)OCCCCCCCCCCCC/C=C\CCCCCCCCCC(=O)NC(CO)C(O)/C=C/CCCCCCCCCCCCCC. The maximum atomic E-state index is 12.4. The van der Waals surface area contributed by atoms with Crippen LogP contribution < -0.4 is 5.32 Å². The Balaban J connectivity index is 3.45. The normalized spacial score (nSPS) is 12.8. The maximum Gasteiger partial charge on any atom is 0.305 e. The molecule has 3 N–H and O–H groups in total. The highest BCUT2D eigenvalue weighted by Crippen LogP contribution is 2.16. The Morgan fingerprint density at radius 3 is 1.06 bits per heavy atom. The summed E-state index contributed by atoms with van der Waals surface area (Å²) in [6, 6.07) is -0.633. The van der Waals surface area contributed by atoms with E-state index in [-0.39, 0.29) is 18.5 Å². The molecule has 2 atom stereocenters. The topological polar surface area (TPSA) is 95.9 Å². The molecule has 0 aromatic carbocycles. The van der Waals surface area contributed by atoms with E-state index in [0.717, 1.165) is 51.4 Å². The molecule has 6 nitrogen and oxygen atoms in total. The molecule has 0 saturated heterocycles. The highest BCUT2D eigenvalue weighted by Gasteiger charge is 2.18. The largest absolute Gasteiger partial charge is 0.466 e. The van der Waals surface area contributed by atoms with Gasteiger partial charge in [0.25, 0.3) is 0 Å².